The smallest absolute Gasteiger partial charge is 0.264 e. The molecule has 0 aliphatic carbocycles. The summed E-state index contributed by atoms with van der Waals surface area (Å²) in [5, 5.41) is 0.460. The third-order valence-electron chi connectivity index (χ3n) is 3.96. The summed E-state index contributed by atoms with van der Waals surface area (Å²) in [7, 11) is 0. The van der Waals surface area contributed by atoms with Crippen LogP contribution in [0.5, 0.6) is 5.75 Å². The highest BCUT2D eigenvalue weighted by Crippen LogP contribution is 2.30. The topological polar surface area (TPSA) is 42.4 Å². The van der Waals surface area contributed by atoms with E-state index in [-0.39, 0.29) is 12.5 Å². The fourth-order valence-corrected chi connectivity index (χ4v) is 2.89. The predicted octanol–water partition coefficient (Wildman–Crippen LogP) is 4.83. The highest BCUT2D eigenvalue weighted by Gasteiger charge is 2.15. The molecule has 0 spiro atoms. The summed E-state index contributed by atoms with van der Waals surface area (Å²) in [5.41, 5.74) is 2.76. The molecule has 5 heteroatoms. The maximum atomic E-state index is 12.5. The third-order valence-corrected chi connectivity index (χ3v) is 4.26. The lowest BCUT2D eigenvalue weighted by molar-refractivity contribution is -0.120. The van der Waals surface area contributed by atoms with Gasteiger partial charge in [-0.1, -0.05) is 41.9 Å². The molecule has 2 aromatic carbocycles. The van der Waals surface area contributed by atoms with E-state index in [4.69, 9.17) is 16.3 Å². The summed E-state index contributed by atoms with van der Waals surface area (Å²) >= 11 is 6.32. The second-order valence-electron chi connectivity index (χ2n) is 5.65. The Kier molecular flexibility index (Phi) is 5.87. The van der Waals surface area contributed by atoms with Gasteiger partial charge in [-0.15, -0.1) is 0 Å². The zero-order valence-corrected chi connectivity index (χ0v) is 15.2. The van der Waals surface area contributed by atoms with E-state index in [1.807, 2.05) is 61.5 Å². The molecule has 1 amide bonds. The number of anilines is 1. The number of rotatable bonds is 6. The number of ether oxygens (including phenoxy) is 1. The average molecular weight is 367 g/mol. The predicted molar refractivity (Wildman–Crippen MR) is 105 cm³/mol. The number of carbonyl (C=O) groups is 1. The molecule has 0 aliphatic rings. The summed E-state index contributed by atoms with van der Waals surface area (Å²) in [6.45, 7) is 2.43. The average Bonchev–Trinajstić information content (AvgIpc) is 2.69. The Hall–Kier alpha value is -2.85. The van der Waals surface area contributed by atoms with E-state index in [1.165, 1.54) is 0 Å². The van der Waals surface area contributed by atoms with Crippen LogP contribution in [0.2, 0.25) is 5.02 Å². The molecule has 0 atom stereocenters. The fourth-order valence-electron chi connectivity index (χ4n) is 2.66. The molecular weight excluding hydrogens is 348 g/mol. The molecule has 0 saturated carbocycles. The lowest BCUT2D eigenvalue weighted by Gasteiger charge is -2.21. The van der Waals surface area contributed by atoms with E-state index in [0.29, 0.717) is 17.3 Å². The molecule has 0 bridgehead atoms. The summed E-state index contributed by atoms with van der Waals surface area (Å²) < 4.78 is 5.65. The first kappa shape index (κ1) is 18.0. The highest BCUT2D eigenvalue weighted by atomic mass is 35.5. The number of halogens is 1. The quantitative estimate of drug-likeness (QED) is 0.627. The Morgan fingerprint density at radius 2 is 1.88 bits per heavy atom. The van der Waals surface area contributed by atoms with Crippen molar-refractivity contribution in [3.05, 3.63) is 78.1 Å². The standard InChI is InChI=1S/C21H19ClN2O2/c1-2-24(18-8-4-3-5-9-18)21(25)15-26-20-11-10-16(13-19(20)22)17-7-6-12-23-14-17/h3-14H,2,15H2,1H3. The number of likely N-dealkylation sites (N-methyl/N-ethyl adjacent to an activating group) is 1. The number of hydrogen-bond acceptors (Lipinski definition) is 3. The van der Waals surface area contributed by atoms with Crippen LogP contribution in [0.15, 0.2) is 73.1 Å². The van der Waals surface area contributed by atoms with Crippen LogP contribution >= 0.6 is 11.6 Å². The highest BCUT2D eigenvalue weighted by molar-refractivity contribution is 6.32. The maximum Gasteiger partial charge on any atom is 0.264 e. The van der Waals surface area contributed by atoms with Crippen LogP contribution in [0.3, 0.4) is 0 Å². The van der Waals surface area contributed by atoms with Crippen LogP contribution in [0, 0.1) is 0 Å². The van der Waals surface area contributed by atoms with Gasteiger partial charge in [-0.25, -0.2) is 0 Å². The largest absolute Gasteiger partial charge is 0.482 e. The molecule has 0 aliphatic heterocycles. The Labute approximate surface area is 158 Å². The van der Waals surface area contributed by atoms with Gasteiger partial charge in [-0.2, -0.15) is 0 Å². The van der Waals surface area contributed by atoms with Crippen molar-refractivity contribution in [2.45, 2.75) is 6.92 Å². The molecule has 0 saturated heterocycles. The number of hydrogen-bond donors (Lipinski definition) is 0. The van der Waals surface area contributed by atoms with Crippen molar-refractivity contribution in [3.63, 3.8) is 0 Å². The SMILES string of the molecule is CCN(C(=O)COc1ccc(-c2cccnc2)cc1Cl)c1ccccc1. The van der Waals surface area contributed by atoms with Gasteiger partial charge in [0.15, 0.2) is 6.61 Å². The lowest BCUT2D eigenvalue weighted by Crippen LogP contribution is -2.34. The van der Waals surface area contributed by atoms with Gasteiger partial charge in [-0.05, 0) is 42.8 Å². The number of pyridine rings is 1. The minimum atomic E-state index is -0.119. The number of nitrogens with zero attached hydrogens (tertiary/aromatic N) is 2. The van der Waals surface area contributed by atoms with Gasteiger partial charge in [-0.3, -0.25) is 9.78 Å². The molecule has 3 rings (SSSR count). The van der Waals surface area contributed by atoms with Crippen molar-refractivity contribution in [1.29, 1.82) is 0 Å². The van der Waals surface area contributed by atoms with Crippen LogP contribution in [0.4, 0.5) is 5.69 Å². The number of para-hydroxylation sites is 1. The molecule has 26 heavy (non-hydrogen) atoms. The molecule has 0 unspecified atom stereocenters. The van der Waals surface area contributed by atoms with Crippen molar-refractivity contribution < 1.29 is 9.53 Å². The fraction of sp³-hybridized carbons (Fsp3) is 0.143. The first-order chi connectivity index (χ1) is 12.7. The number of benzene rings is 2. The number of carbonyl (C=O) groups excluding carboxylic acids is 1. The number of aromatic nitrogens is 1. The van der Waals surface area contributed by atoms with Gasteiger partial charge in [0.25, 0.3) is 5.91 Å². The molecule has 0 fully saturated rings. The van der Waals surface area contributed by atoms with Crippen LogP contribution < -0.4 is 9.64 Å². The van der Waals surface area contributed by atoms with Crippen LogP contribution in [0.25, 0.3) is 11.1 Å². The van der Waals surface area contributed by atoms with Gasteiger partial charge in [0.1, 0.15) is 5.75 Å². The van der Waals surface area contributed by atoms with Gasteiger partial charge in [0.2, 0.25) is 0 Å². The monoisotopic (exact) mass is 366 g/mol. The minimum Gasteiger partial charge on any atom is -0.482 e. The molecule has 0 N–H and O–H groups in total. The van der Waals surface area contributed by atoms with Crippen LogP contribution in [-0.4, -0.2) is 24.0 Å². The van der Waals surface area contributed by atoms with E-state index in [1.54, 1.807) is 23.4 Å². The zero-order valence-electron chi connectivity index (χ0n) is 14.4. The summed E-state index contributed by atoms with van der Waals surface area (Å²) in [5.74, 6) is 0.364. The molecule has 4 nitrogen and oxygen atoms in total. The first-order valence-corrected chi connectivity index (χ1v) is 8.75. The van der Waals surface area contributed by atoms with Gasteiger partial charge in [0, 0.05) is 30.2 Å². The minimum absolute atomic E-state index is 0.0747. The summed E-state index contributed by atoms with van der Waals surface area (Å²) in [6, 6.07) is 18.8. The molecule has 3 aromatic rings. The second-order valence-corrected chi connectivity index (χ2v) is 6.06. The number of amides is 1. The van der Waals surface area contributed by atoms with Crippen LogP contribution in [0.1, 0.15) is 6.92 Å². The van der Waals surface area contributed by atoms with Crippen molar-refractivity contribution in [1.82, 2.24) is 4.98 Å². The summed E-state index contributed by atoms with van der Waals surface area (Å²) in [6.07, 6.45) is 3.50. The Bertz CT molecular complexity index is 870. The third kappa shape index (κ3) is 4.21. The van der Waals surface area contributed by atoms with E-state index in [9.17, 15) is 4.79 Å². The summed E-state index contributed by atoms with van der Waals surface area (Å²) in [4.78, 5) is 18.3. The van der Waals surface area contributed by atoms with Crippen LogP contribution in [-0.2, 0) is 4.79 Å². The van der Waals surface area contributed by atoms with Crippen molar-refractivity contribution in [2.75, 3.05) is 18.1 Å². The van der Waals surface area contributed by atoms with E-state index in [0.717, 1.165) is 16.8 Å². The lowest BCUT2D eigenvalue weighted by atomic mass is 10.1. The van der Waals surface area contributed by atoms with E-state index in [2.05, 4.69) is 4.98 Å². The zero-order chi connectivity index (χ0) is 18.4. The van der Waals surface area contributed by atoms with Gasteiger partial charge in [0.05, 0.1) is 5.02 Å². The molecule has 1 aromatic heterocycles. The van der Waals surface area contributed by atoms with E-state index < -0.39 is 0 Å². The molecule has 0 radical (unpaired) electrons. The molecule has 132 valence electrons. The van der Waals surface area contributed by atoms with Gasteiger partial charge < -0.3 is 9.64 Å². The van der Waals surface area contributed by atoms with E-state index >= 15 is 0 Å². The normalized spacial score (nSPS) is 10.4. The van der Waals surface area contributed by atoms with Gasteiger partial charge >= 0.3 is 0 Å². The Morgan fingerprint density at radius 3 is 2.54 bits per heavy atom. The van der Waals surface area contributed by atoms with Crippen molar-refractivity contribution in [2.24, 2.45) is 0 Å². The molecule has 1 heterocycles. The Balaban J connectivity index is 1.68. The van der Waals surface area contributed by atoms with Crippen molar-refractivity contribution in [3.8, 4) is 16.9 Å². The Morgan fingerprint density at radius 1 is 1.08 bits per heavy atom. The second kappa shape index (κ2) is 8.50. The van der Waals surface area contributed by atoms with Crippen molar-refractivity contribution >= 4 is 23.2 Å². The maximum absolute atomic E-state index is 12.5. The first-order valence-electron chi connectivity index (χ1n) is 8.37. The molecular formula is C21H19ClN2O2.